The first-order valence-corrected chi connectivity index (χ1v) is 11.3. The van der Waals surface area contributed by atoms with Crippen LogP contribution in [-0.2, 0) is 30.6 Å². The molecule has 2 bridgehead atoms. The normalized spacial score (nSPS) is 40.1. The van der Waals surface area contributed by atoms with Crippen molar-refractivity contribution in [1.29, 1.82) is 0 Å². The quantitative estimate of drug-likeness (QED) is 0.534. The van der Waals surface area contributed by atoms with Gasteiger partial charge in [0.25, 0.3) is 0 Å². The molecule has 0 amide bonds. The Morgan fingerprint density at radius 1 is 1.16 bits per heavy atom. The van der Waals surface area contributed by atoms with E-state index >= 15 is 0 Å². The van der Waals surface area contributed by atoms with Crippen molar-refractivity contribution in [3.05, 3.63) is 29.8 Å². The van der Waals surface area contributed by atoms with Crippen molar-refractivity contribution >= 4 is 5.97 Å². The van der Waals surface area contributed by atoms with Crippen LogP contribution in [0.25, 0.3) is 0 Å². The summed E-state index contributed by atoms with van der Waals surface area (Å²) in [4.78, 5) is 27.6. The minimum absolute atomic E-state index is 0.00747. The van der Waals surface area contributed by atoms with E-state index in [4.69, 9.17) is 24.0 Å². The Hall–Kier alpha value is -1.67. The summed E-state index contributed by atoms with van der Waals surface area (Å²) in [6.45, 7) is 9.83. The first-order valence-electron chi connectivity index (χ1n) is 11.3. The second-order valence-corrected chi connectivity index (χ2v) is 10.5. The number of carbonyl (C=O) groups excluding carboxylic acids is 1. The fraction of sp³-hybridized carbons (Fsp3) is 0.708. The van der Waals surface area contributed by atoms with E-state index < -0.39 is 17.7 Å². The molecule has 31 heavy (non-hydrogen) atoms. The molecule has 170 valence electrons. The largest absolute Gasteiger partial charge is 0.497 e. The molecule has 6 rings (SSSR count). The lowest BCUT2D eigenvalue weighted by Crippen LogP contribution is -2.75. The molecule has 5 saturated heterocycles. The number of carbonyl (C=O) groups is 1. The molecule has 0 unspecified atom stereocenters. The van der Waals surface area contributed by atoms with Gasteiger partial charge in [0.15, 0.2) is 5.60 Å². The molecule has 5 aliphatic heterocycles. The third-order valence-electron chi connectivity index (χ3n) is 7.89. The fourth-order valence-corrected chi connectivity index (χ4v) is 5.93. The van der Waals surface area contributed by atoms with E-state index in [1.54, 1.807) is 7.11 Å². The Kier molecular flexibility index (Phi) is 4.90. The number of methoxy groups -OCH3 is 1. The molecule has 1 spiro atoms. The molecule has 5 fully saturated rings. The van der Waals surface area contributed by atoms with Gasteiger partial charge in [-0.15, -0.1) is 0 Å². The maximum absolute atomic E-state index is 12.7. The van der Waals surface area contributed by atoms with Crippen LogP contribution in [0.15, 0.2) is 24.3 Å². The number of nitrogens with zero attached hydrogens (tertiary/aromatic N) is 1. The third kappa shape index (κ3) is 3.04. The lowest BCUT2D eigenvalue weighted by molar-refractivity contribution is -0.575. The van der Waals surface area contributed by atoms with E-state index in [1.165, 1.54) is 5.56 Å². The highest BCUT2D eigenvalue weighted by molar-refractivity contribution is 5.74. The highest BCUT2D eigenvalue weighted by Crippen LogP contribution is 2.58. The van der Waals surface area contributed by atoms with Crippen molar-refractivity contribution < 1.29 is 28.8 Å². The maximum Gasteiger partial charge on any atom is 0.311 e. The average Bonchev–Trinajstić information content (AvgIpc) is 3.00. The second kappa shape index (κ2) is 7.17. The van der Waals surface area contributed by atoms with Crippen LogP contribution < -0.4 is 4.74 Å². The van der Waals surface area contributed by atoms with E-state index in [1.807, 2.05) is 19.1 Å². The number of hydrogen-bond donors (Lipinski definition) is 0. The molecular formula is C24H33NO6. The summed E-state index contributed by atoms with van der Waals surface area (Å²) >= 11 is 0. The lowest BCUT2D eigenvalue weighted by Gasteiger charge is -2.60. The van der Waals surface area contributed by atoms with Gasteiger partial charge in [0.05, 0.1) is 13.0 Å². The Balaban J connectivity index is 1.52. The SMILES string of the molecule is COc1ccc(CN2CC[C@H]3[C@@H](C)C(=O)O[C@@H]4O[C@@]5(C(C)(C)C)CC[C@@H]2[C@]43OO5)cc1. The number of likely N-dealkylation sites (tertiary alicyclic amines) is 1. The van der Waals surface area contributed by atoms with Gasteiger partial charge in [-0.2, -0.15) is 4.89 Å². The number of rotatable bonds is 3. The summed E-state index contributed by atoms with van der Waals surface area (Å²) in [5.74, 6) is -0.568. The Morgan fingerprint density at radius 3 is 2.58 bits per heavy atom. The number of ether oxygens (including phenoxy) is 3. The van der Waals surface area contributed by atoms with Gasteiger partial charge in [-0.1, -0.05) is 39.8 Å². The van der Waals surface area contributed by atoms with Crippen LogP contribution >= 0.6 is 0 Å². The number of benzene rings is 1. The van der Waals surface area contributed by atoms with Crippen LogP contribution in [-0.4, -0.2) is 48.2 Å². The first kappa shape index (κ1) is 21.2. The predicted molar refractivity (Wildman–Crippen MR) is 112 cm³/mol. The Labute approximate surface area is 183 Å². The second-order valence-electron chi connectivity index (χ2n) is 10.5. The zero-order valence-electron chi connectivity index (χ0n) is 19.1. The molecule has 5 aliphatic rings. The molecule has 0 aliphatic carbocycles. The molecule has 6 atom stereocenters. The standard InChI is InChI=1S/C24H33NO6/c1-15-18-11-13-25(14-16-6-8-17(27-5)9-7-16)19-10-12-23(22(2,3)4)29-21(28-20(15)26)24(18,19)31-30-23/h6-9,15,18-19,21H,10-14H2,1-5H3/t15-,18+,19-,21-,23+,24+/m1/s1. The van der Waals surface area contributed by atoms with Crippen molar-refractivity contribution in [2.45, 2.75) is 77.2 Å². The van der Waals surface area contributed by atoms with Gasteiger partial charge in [-0.25, -0.2) is 4.89 Å². The Morgan fingerprint density at radius 2 is 1.90 bits per heavy atom. The number of fused-ring (bicyclic) bond motifs is 2. The lowest BCUT2D eigenvalue weighted by atomic mass is 9.67. The van der Waals surface area contributed by atoms with Crippen molar-refractivity contribution in [2.24, 2.45) is 17.3 Å². The predicted octanol–water partition coefficient (Wildman–Crippen LogP) is 3.66. The summed E-state index contributed by atoms with van der Waals surface area (Å²) < 4.78 is 17.7. The number of piperidine rings is 1. The fourth-order valence-electron chi connectivity index (χ4n) is 5.93. The summed E-state index contributed by atoms with van der Waals surface area (Å²) in [6.07, 6.45) is 1.59. The number of esters is 1. The van der Waals surface area contributed by atoms with E-state index in [9.17, 15) is 4.79 Å². The maximum atomic E-state index is 12.7. The highest BCUT2D eigenvalue weighted by Gasteiger charge is 2.72. The smallest absolute Gasteiger partial charge is 0.311 e. The minimum atomic E-state index is -0.947. The molecule has 1 aromatic carbocycles. The molecule has 0 N–H and O–H groups in total. The molecule has 7 heteroatoms. The average molecular weight is 432 g/mol. The summed E-state index contributed by atoms with van der Waals surface area (Å²) in [5, 5.41) is 0. The highest BCUT2D eigenvalue weighted by atomic mass is 17.3. The van der Waals surface area contributed by atoms with Crippen LogP contribution in [0.1, 0.15) is 52.5 Å². The van der Waals surface area contributed by atoms with Gasteiger partial charge in [0, 0.05) is 30.3 Å². The van der Waals surface area contributed by atoms with Crippen molar-refractivity contribution in [3.63, 3.8) is 0 Å². The van der Waals surface area contributed by atoms with Crippen LogP contribution in [0.2, 0.25) is 0 Å². The van der Waals surface area contributed by atoms with Gasteiger partial charge >= 0.3 is 5.97 Å². The van der Waals surface area contributed by atoms with Gasteiger partial charge in [-0.3, -0.25) is 9.69 Å². The van der Waals surface area contributed by atoms with Crippen LogP contribution in [0.4, 0.5) is 0 Å². The Bertz CT molecular complexity index is 851. The van der Waals surface area contributed by atoms with Crippen LogP contribution in [0, 0.1) is 17.3 Å². The molecule has 1 aromatic rings. The van der Waals surface area contributed by atoms with E-state index in [0.29, 0.717) is 6.42 Å². The van der Waals surface area contributed by atoms with Crippen LogP contribution in [0.3, 0.4) is 0 Å². The monoisotopic (exact) mass is 431 g/mol. The summed E-state index contributed by atoms with van der Waals surface area (Å²) in [6, 6.07) is 8.21. The van der Waals surface area contributed by atoms with E-state index in [2.05, 4.69) is 37.8 Å². The van der Waals surface area contributed by atoms with Gasteiger partial charge in [0.1, 0.15) is 5.75 Å². The number of hydrogen-bond acceptors (Lipinski definition) is 7. The van der Waals surface area contributed by atoms with Crippen molar-refractivity contribution in [3.8, 4) is 5.75 Å². The topological polar surface area (TPSA) is 66.5 Å². The third-order valence-corrected chi connectivity index (χ3v) is 7.89. The zero-order chi connectivity index (χ0) is 22.0. The molecule has 0 aromatic heterocycles. The van der Waals surface area contributed by atoms with Crippen molar-refractivity contribution in [1.82, 2.24) is 4.90 Å². The molecule has 0 saturated carbocycles. The van der Waals surface area contributed by atoms with Gasteiger partial charge < -0.3 is 14.2 Å². The van der Waals surface area contributed by atoms with E-state index in [0.717, 1.165) is 31.7 Å². The van der Waals surface area contributed by atoms with E-state index in [-0.39, 0.29) is 29.3 Å². The summed E-state index contributed by atoms with van der Waals surface area (Å²) in [5.41, 5.74) is 0.0520. The minimum Gasteiger partial charge on any atom is -0.497 e. The first-order chi connectivity index (χ1) is 14.7. The molecular weight excluding hydrogens is 398 g/mol. The molecule has 7 nitrogen and oxygen atoms in total. The molecule has 0 radical (unpaired) electrons. The van der Waals surface area contributed by atoms with Gasteiger partial charge in [-0.05, 0) is 37.1 Å². The molecule has 5 heterocycles. The van der Waals surface area contributed by atoms with Crippen molar-refractivity contribution in [2.75, 3.05) is 13.7 Å². The zero-order valence-corrected chi connectivity index (χ0v) is 19.1. The van der Waals surface area contributed by atoms with Crippen LogP contribution in [0.5, 0.6) is 5.75 Å². The van der Waals surface area contributed by atoms with Gasteiger partial charge in [0.2, 0.25) is 12.1 Å². The summed E-state index contributed by atoms with van der Waals surface area (Å²) in [7, 11) is 1.68.